The lowest BCUT2D eigenvalue weighted by Gasteiger charge is -2.20. The molecule has 16 heavy (non-hydrogen) atoms. The Bertz CT molecular complexity index is 418. The molecule has 1 aromatic rings. The fraction of sp³-hybridized carbons (Fsp3) is 0.333. The summed E-state index contributed by atoms with van der Waals surface area (Å²) in [5.74, 6) is 0.127. The Morgan fingerprint density at radius 3 is 2.44 bits per heavy atom. The van der Waals surface area contributed by atoms with Crippen molar-refractivity contribution < 1.29 is 4.79 Å². The lowest BCUT2D eigenvalue weighted by molar-refractivity contribution is -0.122. The molecule has 4 heteroatoms. The van der Waals surface area contributed by atoms with E-state index in [1.807, 2.05) is 6.07 Å². The van der Waals surface area contributed by atoms with Gasteiger partial charge in [0.2, 0.25) is 5.91 Å². The first kappa shape index (κ1) is 12.5. The Balaban J connectivity index is 2.75. The van der Waals surface area contributed by atoms with Crippen molar-refractivity contribution in [1.29, 1.82) is 5.26 Å². The van der Waals surface area contributed by atoms with Gasteiger partial charge in [0.25, 0.3) is 0 Å². The Morgan fingerprint density at radius 1 is 1.44 bits per heavy atom. The van der Waals surface area contributed by atoms with Crippen LogP contribution >= 0.6 is 11.6 Å². The van der Waals surface area contributed by atoms with Gasteiger partial charge in [-0.05, 0) is 38.1 Å². The van der Waals surface area contributed by atoms with Crippen LogP contribution in [0.3, 0.4) is 0 Å². The second kappa shape index (κ2) is 5.00. The molecule has 0 spiro atoms. The number of amides is 1. The van der Waals surface area contributed by atoms with Gasteiger partial charge in [0, 0.05) is 11.6 Å². The summed E-state index contributed by atoms with van der Waals surface area (Å²) in [5, 5.41) is 11.4. The summed E-state index contributed by atoms with van der Waals surface area (Å²) in [6.07, 6.45) is 0. The highest BCUT2D eigenvalue weighted by atomic mass is 35.5. The van der Waals surface area contributed by atoms with Crippen molar-refractivity contribution in [2.45, 2.75) is 13.8 Å². The molecule has 0 saturated carbocycles. The second-order valence-corrected chi connectivity index (χ2v) is 4.43. The van der Waals surface area contributed by atoms with E-state index < -0.39 is 5.41 Å². The van der Waals surface area contributed by atoms with Crippen LogP contribution in [0.25, 0.3) is 0 Å². The van der Waals surface area contributed by atoms with Gasteiger partial charge < -0.3 is 5.32 Å². The normalized spacial score (nSPS) is 10.6. The first-order valence-electron chi connectivity index (χ1n) is 4.87. The zero-order valence-corrected chi connectivity index (χ0v) is 10.0. The number of benzene rings is 1. The number of hydrogen-bond donors (Lipinski definition) is 1. The number of rotatable bonds is 3. The fourth-order valence-corrected chi connectivity index (χ4v) is 1.11. The summed E-state index contributed by atoms with van der Waals surface area (Å²) < 4.78 is 0. The molecule has 84 valence electrons. The van der Waals surface area contributed by atoms with E-state index in [1.165, 1.54) is 0 Å². The smallest absolute Gasteiger partial charge is 0.231 e. The molecule has 1 amide bonds. The highest BCUT2D eigenvalue weighted by Gasteiger charge is 2.26. The van der Waals surface area contributed by atoms with Gasteiger partial charge in [-0.3, -0.25) is 4.79 Å². The van der Waals surface area contributed by atoms with E-state index in [9.17, 15) is 4.79 Å². The Labute approximate surface area is 100 Å². The number of alkyl halides is 1. The van der Waals surface area contributed by atoms with Gasteiger partial charge in [0.1, 0.15) is 0 Å². The molecule has 0 fully saturated rings. The minimum atomic E-state index is -0.602. The van der Waals surface area contributed by atoms with Gasteiger partial charge in [-0.1, -0.05) is 0 Å². The second-order valence-electron chi connectivity index (χ2n) is 4.16. The first-order chi connectivity index (χ1) is 7.49. The van der Waals surface area contributed by atoms with Crippen molar-refractivity contribution >= 4 is 23.2 Å². The summed E-state index contributed by atoms with van der Waals surface area (Å²) in [6.45, 7) is 3.55. The largest absolute Gasteiger partial charge is 0.326 e. The van der Waals surface area contributed by atoms with E-state index in [1.54, 1.807) is 38.1 Å². The SMILES string of the molecule is CC(C)(CCl)C(=O)Nc1ccc(C#N)cc1. The minimum absolute atomic E-state index is 0.132. The minimum Gasteiger partial charge on any atom is -0.326 e. The van der Waals surface area contributed by atoms with Gasteiger partial charge in [-0.2, -0.15) is 5.26 Å². The monoisotopic (exact) mass is 236 g/mol. The van der Waals surface area contributed by atoms with Gasteiger partial charge in [-0.25, -0.2) is 0 Å². The number of nitrogens with one attached hydrogen (secondary N) is 1. The maximum atomic E-state index is 11.8. The third-order valence-corrected chi connectivity index (χ3v) is 2.89. The summed E-state index contributed by atoms with van der Waals surface area (Å²) in [6, 6.07) is 8.72. The summed E-state index contributed by atoms with van der Waals surface area (Å²) in [5.41, 5.74) is 0.631. The molecule has 0 aliphatic rings. The van der Waals surface area contributed by atoms with Crippen molar-refractivity contribution in [3.8, 4) is 6.07 Å². The molecule has 0 aromatic heterocycles. The molecule has 0 aliphatic heterocycles. The number of carbonyl (C=O) groups is 1. The van der Waals surface area contributed by atoms with Crippen LogP contribution in [0.2, 0.25) is 0 Å². The Hall–Kier alpha value is -1.53. The van der Waals surface area contributed by atoms with Crippen LogP contribution in [-0.2, 0) is 4.79 Å². The Kier molecular flexibility index (Phi) is 3.92. The van der Waals surface area contributed by atoms with Crippen LogP contribution < -0.4 is 5.32 Å². The molecule has 0 aliphatic carbocycles. The molecule has 1 N–H and O–H groups in total. The van der Waals surface area contributed by atoms with Crippen molar-refractivity contribution in [3.63, 3.8) is 0 Å². The average molecular weight is 237 g/mol. The summed E-state index contributed by atoms with van der Waals surface area (Å²) in [7, 11) is 0. The zero-order chi connectivity index (χ0) is 12.2. The summed E-state index contributed by atoms with van der Waals surface area (Å²) in [4.78, 5) is 11.8. The van der Waals surface area contributed by atoms with E-state index in [2.05, 4.69) is 5.32 Å². The molecular formula is C12H13ClN2O. The number of carbonyl (C=O) groups excluding carboxylic acids is 1. The average Bonchev–Trinajstić information content (AvgIpc) is 2.30. The lowest BCUT2D eigenvalue weighted by Crippen LogP contribution is -2.32. The lowest BCUT2D eigenvalue weighted by atomic mass is 9.95. The van der Waals surface area contributed by atoms with Crippen LogP contribution in [0.1, 0.15) is 19.4 Å². The van der Waals surface area contributed by atoms with Crippen LogP contribution in [0.4, 0.5) is 5.69 Å². The quantitative estimate of drug-likeness (QED) is 0.821. The molecule has 3 nitrogen and oxygen atoms in total. The molecule has 0 heterocycles. The van der Waals surface area contributed by atoms with Crippen LogP contribution in [0.15, 0.2) is 24.3 Å². The van der Waals surface area contributed by atoms with E-state index in [0.29, 0.717) is 11.3 Å². The zero-order valence-electron chi connectivity index (χ0n) is 9.25. The van der Waals surface area contributed by atoms with Crippen LogP contribution in [0, 0.1) is 16.7 Å². The molecule has 1 rings (SSSR count). The number of anilines is 1. The van der Waals surface area contributed by atoms with Crippen molar-refractivity contribution in [2.24, 2.45) is 5.41 Å². The molecular weight excluding hydrogens is 224 g/mol. The molecule has 0 unspecified atom stereocenters. The number of nitriles is 1. The van der Waals surface area contributed by atoms with Crippen molar-refractivity contribution in [2.75, 3.05) is 11.2 Å². The van der Waals surface area contributed by atoms with E-state index in [4.69, 9.17) is 16.9 Å². The third-order valence-electron chi connectivity index (χ3n) is 2.22. The Morgan fingerprint density at radius 2 is 2.00 bits per heavy atom. The van der Waals surface area contributed by atoms with E-state index >= 15 is 0 Å². The fourth-order valence-electron chi connectivity index (χ4n) is 0.989. The van der Waals surface area contributed by atoms with Gasteiger partial charge in [0.15, 0.2) is 0 Å². The number of halogens is 1. The summed E-state index contributed by atoms with van der Waals surface area (Å²) >= 11 is 5.70. The number of hydrogen-bond acceptors (Lipinski definition) is 2. The molecule has 1 aromatic carbocycles. The standard InChI is InChI=1S/C12H13ClN2O/c1-12(2,8-13)11(16)15-10-5-3-9(7-14)4-6-10/h3-6H,8H2,1-2H3,(H,15,16). The number of nitrogens with zero attached hydrogens (tertiary/aromatic N) is 1. The predicted molar refractivity (Wildman–Crippen MR) is 64.3 cm³/mol. The van der Waals surface area contributed by atoms with Gasteiger partial charge in [0.05, 0.1) is 17.0 Å². The highest BCUT2D eigenvalue weighted by molar-refractivity contribution is 6.20. The van der Waals surface area contributed by atoms with Crippen molar-refractivity contribution in [1.82, 2.24) is 0 Å². The highest BCUT2D eigenvalue weighted by Crippen LogP contribution is 2.20. The molecule has 0 atom stereocenters. The maximum absolute atomic E-state index is 11.8. The van der Waals surface area contributed by atoms with Crippen molar-refractivity contribution in [3.05, 3.63) is 29.8 Å². The third kappa shape index (κ3) is 2.98. The van der Waals surface area contributed by atoms with Crippen LogP contribution in [0.5, 0.6) is 0 Å². The van der Waals surface area contributed by atoms with Gasteiger partial charge >= 0.3 is 0 Å². The maximum Gasteiger partial charge on any atom is 0.231 e. The van der Waals surface area contributed by atoms with E-state index in [-0.39, 0.29) is 11.8 Å². The van der Waals surface area contributed by atoms with Crippen LogP contribution in [-0.4, -0.2) is 11.8 Å². The molecule has 0 saturated heterocycles. The topological polar surface area (TPSA) is 52.9 Å². The molecule has 0 bridgehead atoms. The first-order valence-corrected chi connectivity index (χ1v) is 5.40. The molecule has 0 radical (unpaired) electrons. The van der Waals surface area contributed by atoms with E-state index in [0.717, 1.165) is 0 Å². The van der Waals surface area contributed by atoms with Gasteiger partial charge in [-0.15, -0.1) is 11.6 Å². The predicted octanol–water partition coefficient (Wildman–Crippen LogP) is 2.76.